The van der Waals surface area contributed by atoms with Crippen LogP contribution in [0.3, 0.4) is 0 Å². The van der Waals surface area contributed by atoms with Gasteiger partial charge in [-0.2, -0.15) is 11.8 Å². The molecule has 23 heavy (non-hydrogen) atoms. The van der Waals surface area contributed by atoms with Gasteiger partial charge in [0.1, 0.15) is 0 Å². The van der Waals surface area contributed by atoms with Crippen LogP contribution in [0, 0.1) is 0 Å². The minimum absolute atomic E-state index is 0.332. The fourth-order valence-electron chi connectivity index (χ4n) is 2.12. The maximum Gasteiger partial charge on any atom is 0.500 e. The predicted octanol–water partition coefficient (Wildman–Crippen LogP) is 4.61. The Hall–Kier alpha value is 0.467. The molecular weight excluding hydrogens is 348 g/mol. The molecule has 0 heterocycles. The van der Waals surface area contributed by atoms with Crippen LogP contribution in [0.15, 0.2) is 0 Å². The molecule has 0 radical (unpaired) electrons. The third kappa shape index (κ3) is 12.5. The average molecular weight is 383 g/mol. The summed E-state index contributed by atoms with van der Waals surface area (Å²) in [6, 6.07) is 0.888. The third-order valence-electron chi connectivity index (χ3n) is 3.01. The van der Waals surface area contributed by atoms with Gasteiger partial charge in [-0.1, -0.05) is 18.7 Å². The van der Waals surface area contributed by atoms with Gasteiger partial charge in [-0.25, -0.2) is 0 Å². The summed E-state index contributed by atoms with van der Waals surface area (Å²) in [7, 11) is -2.46. The topological polar surface area (TPSA) is 44.8 Å². The summed E-state index contributed by atoms with van der Waals surface area (Å²) in [5, 5.41) is 0.332. The van der Waals surface area contributed by atoms with Crippen molar-refractivity contribution in [2.24, 2.45) is 0 Å². The molecule has 0 saturated carbocycles. The number of carbonyl (C=O) groups excluding carboxylic acids is 1. The van der Waals surface area contributed by atoms with Crippen molar-refractivity contribution in [1.82, 2.24) is 0 Å². The van der Waals surface area contributed by atoms with Crippen molar-refractivity contribution in [3.05, 3.63) is 0 Å². The zero-order valence-corrected chi connectivity index (χ0v) is 17.9. The van der Waals surface area contributed by atoms with Crippen molar-refractivity contribution in [1.29, 1.82) is 0 Å². The van der Waals surface area contributed by atoms with Gasteiger partial charge < -0.3 is 13.3 Å². The molecule has 0 aliphatic rings. The Morgan fingerprint density at radius 3 is 1.96 bits per heavy atom. The lowest BCUT2D eigenvalue weighted by Gasteiger charge is -2.28. The Labute approximate surface area is 152 Å². The van der Waals surface area contributed by atoms with Crippen molar-refractivity contribution >= 4 is 37.4 Å². The molecule has 0 rings (SSSR count). The molecule has 0 aliphatic carbocycles. The van der Waals surface area contributed by atoms with E-state index in [4.69, 9.17) is 13.3 Å². The van der Waals surface area contributed by atoms with Crippen LogP contribution in [-0.2, 0) is 18.1 Å². The van der Waals surface area contributed by atoms with Gasteiger partial charge in [0.15, 0.2) is 5.12 Å². The molecule has 0 aliphatic heterocycles. The van der Waals surface area contributed by atoms with Crippen LogP contribution in [0.4, 0.5) is 0 Å². The molecule has 0 spiro atoms. The first-order valence-electron chi connectivity index (χ1n) is 8.79. The van der Waals surface area contributed by atoms with E-state index < -0.39 is 8.80 Å². The summed E-state index contributed by atoms with van der Waals surface area (Å²) in [4.78, 5) is 11.4. The standard InChI is InChI=1S/C16H34O4S2Si/c1-5-11-16(17)22-14-9-12-21-13-10-15-23(18-6-2,19-7-3)20-8-4/h5-15H2,1-4H3. The van der Waals surface area contributed by atoms with E-state index in [9.17, 15) is 4.79 Å². The van der Waals surface area contributed by atoms with Crippen LogP contribution in [0.5, 0.6) is 0 Å². The SMILES string of the molecule is CCCC(=O)SCCCSCCC[Si](OCC)(OCC)OCC. The number of thioether (sulfide) groups is 2. The molecule has 0 amide bonds. The van der Waals surface area contributed by atoms with Gasteiger partial charge in [0.2, 0.25) is 0 Å². The van der Waals surface area contributed by atoms with Crippen molar-refractivity contribution in [3.8, 4) is 0 Å². The van der Waals surface area contributed by atoms with Crippen molar-refractivity contribution in [2.45, 2.75) is 59.4 Å². The third-order valence-corrected chi connectivity index (χ3v) is 8.34. The highest BCUT2D eigenvalue weighted by molar-refractivity contribution is 8.13. The zero-order valence-electron chi connectivity index (χ0n) is 15.2. The molecule has 0 aromatic heterocycles. The first-order chi connectivity index (χ1) is 11.1. The fraction of sp³-hybridized carbons (Fsp3) is 0.938. The van der Waals surface area contributed by atoms with E-state index in [-0.39, 0.29) is 0 Å². The molecule has 0 N–H and O–H groups in total. The summed E-state index contributed by atoms with van der Waals surface area (Å²) in [6.45, 7) is 9.95. The fourth-order valence-corrected chi connectivity index (χ4v) is 6.93. The molecule has 7 heteroatoms. The second kappa shape index (κ2) is 16.0. The van der Waals surface area contributed by atoms with Gasteiger partial charge in [0.25, 0.3) is 0 Å². The van der Waals surface area contributed by atoms with E-state index in [0.717, 1.165) is 42.6 Å². The highest BCUT2D eigenvalue weighted by Gasteiger charge is 2.39. The van der Waals surface area contributed by atoms with Crippen molar-refractivity contribution < 1.29 is 18.1 Å². The van der Waals surface area contributed by atoms with E-state index >= 15 is 0 Å². The Bertz CT molecular complexity index is 276. The van der Waals surface area contributed by atoms with Gasteiger partial charge >= 0.3 is 8.80 Å². The predicted molar refractivity (Wildman–Crippen MR) is 104 cm³/mol. The second-order valence-corrected chi connectivity index (χ2v) is 10.1. The van der Waals surface area contributed by atoms with E-state index in [1.165, 1.54) is 11.8 Å². The molecule has 0 aromatic rings. The molecule has 0 atom stereocenters. The summed E-state index contributed by atoms with van der Waals surface area (Å²) >= 11 is 3.43. The lowest BCUT2D eigenvalue weighted by atomic mass is 10.4. The molecule has 0 aromatic carbocycles. The first-order valence-corrected chi connectivity index (χ1v) is 12.9. The van der Waals surface area contributed by atoms with Crippen molar-refractivity contribution in [2.75, 3.05) is 37.1 Å². The second-order valence-electron chi connectivity index (χ2n) is 5.02. The molecule has 0 fully saturated rings. The smallest absolute Gasteiger partial charge is 0.374 e. The van der Waals surface area contributed by atoms with Crippen LogP contribution < -0.4 is 0 Å². The van der Waals surface area contributed by atoms with Crippen LogP contribution in [0.25, 0.3) is 0 Å². The Kier molecular flexibility index (Phi) is 16.3. The highest BCUT2D eigenvalue weighted by atomic mass is 32.2. The summed E-state index contributed by atoms with van der Waals surface area (Å²) in [6.07, 6.45) is 3.80. The van der Waals surface area contributed by atoms with E-state index in [1.54, 1.807) is 0 Å². The van der Waals surface area contributed by atoms with Crippen LogP contribution in [0.2, 0.25) is 6.04 Å². The first kappa shape index (κ1) is 23.5. The molecule has 138 valence electrons. The van der Waals surface area contributed by atoms with Gasteiger partial charge in [-0.3, -0.25) is 4.79 Å². The lowest BCUT2D eigenvalue weighted by molar-refractivity contribution is -0.111. The van der Waals surface area contributed by atoms with Crippen LogP contribution in [0.1, 0.15) is 53.4 Å². The molecule has 0 unspecified atom stereocenters. The maximum absolute atomic E-state index is 11.4. The molecule has 0 bridgehead atoms. The largest absolute Gasteiger partial charge is 0.500 e. The average Bonchev–Trinajstić information content (AvgIpc) is 2.51. The quantitative estimate of drug-likeness (QED) is 0.287. The van der Waals surface area contributed by atoms with Crippen LogP contribution >= 0.6 is 23.5 Å². The monoisotopic (exact) mass is 382 g/mol. The maximum atomic E-state index is 11.4. The van der Waals surface area contributed by atoms with Gasteiger partial charge in [-0.05, 0) is 51.5 Å². The van der Waals surface area contributed by atoms with E-state index in [0.29, 0.717) is 31.4 Å². The Balaban J connectivity index is 3.78. The van der Waals surface area contributed by atoms with E-state index in [1.807, 2.05) is 39.5 Å². The van der Waals surface area contributed by atoms with E-state index in [2.05, 4.69) is 0 Å². The van der Waals surface area contributed by atoms with Gasteiger partial charge in [-0.15, -0.1) is 0 Å². The van der Waals surface area contributed by atoms with Crippen molar-refractivity contribution in [3.63, 3.8) is 0 Å². The molecular formula is C16H34O4S2Si. The number of hydrogen-bond acceptors (Lipinski definition) is 6. The zero-order chi connectivity index (χ0) is 17.4. The number of hydrogen-bond donors (Lipinski definition) is 0. The van der Waals surface area contributed by atoms with Crippen LogP contribution in [-0.4, -0.2) is 51.0 Å². The molecule has 4 nitrogen and oxygen atoms in total. The number of rotatable bonds is 16. The highest BCUT2D eigenvalue weighted by Crippen LogP contribution is 2.20. The normalized spacial score (nSPS) is 11.8. The van der Waals surface area contributed by atoms with Gasteiger partial charge in [0.05, 0.1) is 0 Å². The lowest BCUT2D eigenvalue weighted by Crippen LogP contribution is -2.46. The minimum atomic E-state index is -2.46. The summed E-state index contributed by atoms with van der Waals surface area (Å²) in [5.74, 6) is 3.15. The van der Waals surface area contributed by atoms with Gasteiger partial charge in [0, 0.05) is 38.0 Å². The molecule has 0 saturated heterocycles. The number of carbonyl (C=O) groups is 1. The Morgan fingerprint density at radius 1 is 0.870 bits per heavy atom. The Morgan fingerprint density at radius 2 is 1.43 bits per heavy atom. The summed E-state index contributed by atoms with van der Waals surface area (Å²) in [5.41, 5.74) is 0. The minimum Gasteiger partial charge on any atom is -0.374 e. The summed E-state index contributed by atoms with van der Waals surface area (Å²) < 4.78 is 17.5.